The predicted molar refractivity (Wildman–Crippen MR) is 43.1 cm³/mol. The fourth-order valence-electron chi connectivity index (χ4n) is 0.782. The first-order valence-electron chi connectivity index (χ1n) is 3.90. The zero-order valence-electron chi connectivity index (χ0n) is 7.35. The molecule has 0 aliphatic rings. The second kappa shape index (κ2) is 6.82. The molecule has 0 spiro atoms. The minimum Gasteiger partial charge on any atom is -0.388 e. The number of carbonyl (C=O) groups is 1. The molecule has 0 saturated carbocycles. The SMILES string of the molecule is O=CC(O)C(O)C(O)C(O)COCO. The van der Waals surface area contributed by atoms with E-state index in [-0.39, 0.29) is 6.29 Å². The summed E-state index contributed by atoms with van der Waals surface area (Å²) in [7, 11) is 0. The molecule has 0 fully saturated rings. The van der Waals surface area contributed by atoms with Crippen LogP contribution in [-0.4, -0.2) is 69.6 Å². The van der Waals surface area contributed by atoms with Gasteiger partial charge in [-0.2, -0.15) is 0 Å². The first-order chi connectivity index (χ1) is 6.54. The zero-order valence-corrected chi connectivity index (χ0v) is 7.35. The van der Waals surface area contributed by atoms with E-state index in [0.717, 1.165) is 0 Å². The number of carbonyl (C=O) groups excluding carboxylic acids is 1. The van der Waals surface area contributed by atoms with Gasteiger partial charge in [0.2, 0.25) is 0 Å². The highest BCUT2D eigenvalue weighted by Gasteiger charge is 2.30. The average molecular weight is 210 g/mol. The van der Waals surface area contributed by atoms with E-state index in [9.17, 15) is 4.79 Å². The molecule has 7 nitrogen and oxygen atoms in total. The summed E-state index contributed by atoms with van der Waals surface area (Å²) >= 11 is 0. The highest BCUT2D eigenvalue weighted by atomic mass is 16.6. The van der Waals surface area contributed by atoms with Crippen LogP contribution < -0.4 is 0 Å². The van der Waals surface area contributed by atoms with Crippen molar-refractivity contribution >= 4 is 6.29 Å². The molecule has 4 unspecified atom stereocenters. The van der Waals surface area contributed by atoms with Gasteiger partial charge in [0, 0.05) is 0 Å². The summed E-state index contributed by atoms with van der Waals surface area (Å²) in [6.45, 7) is -1.06. The Morgan fingerprint density at radius 3 is 2.14 bits per heavy atom. The van der Waals surface area contributed by atoms with Crippen molar-refractivity contribution in [1.82, 2.24) is 0 Å². The van der Waals surface area contributed by atoms with Gasteiger partial charge in [-0.1, -0.05) is 0 Å². The minimum absolute atomic E-state index is 0.0352. The summed E-state index contributed by atoms with van der Waals surface area (Å²) in [4.78, 5) is 10.0. The Kier molecular flexibility index (Phi) is 6.54. The van der Waals surface area contributed by atoms with Crippen molar-refractivity contribution in [2.24, 2.45) is 0 Å². The van der Waals surface area contributed by atoms with E-state index >= 15 is 0 Å². The van der Waals surface area contributed by atoms with Crippen LogP contribution in [-0.2, 0) is 9.53 Å². The molecule has 4 atom stereocenters. The Hall–Kier alpha value is -0.570. The standard InChI is InChI=1S/C7H14O7/c8-1-4(10)6(12)7(13)5(11)2-14-3-9/h1,4-7,9-13H,2-3H2. The van der Waals surface area contributed by atoms with Crippen LogP contribution in [0.2, 0.25) is 0 Å². The quantitative estimate of drug-likeness (QED) is 0.219. The maximum absolute atomic E-state index is 10.0. The molecule has 0 bridgehead atoms. The molecule has 0 heterocycles. The first-order valence-corrected chi connectivity index (χ1v) is 3.90. The monoisotopic (exact) mass is 210 g/mol. The van der Waals surface area contributed by atoms with Crippen LogP contribution in [0.15, 0.2) is 0 Å². The molecule has 0 aromatic heterocycles. The van der Waals surface area contributed by atoms with Gasteiger partial charge in [0.15, 0.2) is 6.29 Å². The molecule has 7 heteroatoms. The van der Waals surface area contributed by atoms with Crippen LogP contribution in [0.1, 0.15) is 0 Å². The van der Waals surface area contributed by atoms with Crippen LogP contribution in [0, 0.1) is 0 Å². The third-order valence-corrected chi connectivity index (χ3v) is 1.61. The number of aliphatic hydroxyl groups excluding tert-OH is 5. The highest BCUT2D eigenvalue weighted by molar-refractivity contribution is 5.56. The van der Waals surface area contributed by atoms with Crippen LogP contribution >= 0.6 is 0 Å². The van der Waals surface area contributed by atoms with Crippen LogP contribution in [0.4, 0.5) is 0 Å². The number of rotatable bonds is 7. The van der Waals surface area contributed by atoms with Crippen LogP contribution in [0.5, 0.6) is 0 Å². The highest BCUT2D eigenvalue weighted by Crippen LogP contribution is 2.04. The number of hydrogen-bond acceptors (Lipinski definition) is 7. The van der Waals surface area contributed by atoms with Gasteiger partial charge in [-0.05, 0) is 0 Å². The van der Waals surface area contributed by atoms with Crippen molar-refractivity contribution in [3.8, 4) is 0 Å². The van der Waals surface area contributed by atoms with Crippen LogP contribution in [0.3, 0.4) is 0 Å². The zero-order chi connectivity index (χ0) is 11.1. The van der Waals surface area contributed by atoms with Gasteiger partial charge in [-0.3, -0.25) is 0 Å². The van der Waals surface area contributed by atoms with Gasteiger partial charge >= 0.3 is 0 Å². The summed E-state index contributed by atoms with van der Waals surface area (Å²) in [6, 6.07) is 0. The lowest BCUT2D eigenvalue weighted by Crippen LogP contribution is -2.46. The van der Waals surface area contributed by atoms with E-state index in [1.807, 2.05) is 0 Å². The third kappa shape index (κ3) is 4.09. The number of aliphatic hydroxyl groups is 5. The van der Waals surface area contributed by atoms with Crippen molar-refractivity contribution in [3.63, 3.8) is 0 Å². The lowest BCUT2D eigenvalue weighted by molar-refractivity contribution is -0.143. The molecular weight excluding hydrogens is 196 g/mol. The largest absolute Gasteiger partial charge is 0.388 e. The van der Waals surface area contributed by atoms with Crippen molar-refractivity contribution in [1.29, 1.82) is 0 Å². The minimum atomic E-state index is -1.79. The maximum atomic E-state index is 10.0. The third-order valence-electron chi connectivity index (χ3n) is 1.61. The lowest BCUT2D eigenvalue weighted by atomic mass is 10.0. The molecule has 0 aromatic carbocycles. The van der Waals surface area contributed by atoms with Crippen molar-refractivity contribution in [3.05, 3.63) is 0 Å². The fraction of sp³-hybridized carbons (Fsp3) is 0.857. The molecule has 5 N–H and O–H groups in total. The Labute approximate surface area is 80.2 Å². The van der Waals surface area contributed by atoms with Gasteiger partial charge in [0.25, 0.3) is 0 Å². The van der Waals surface area contributed by atoms with Crippen molar-refractivity contribution in [2.75, 3.05) is 13.4 Å². The molecule has 0 radical (unpaired) electrons. The van der Waals surface area contributed by atoms with E-state index < -0.39 is 37.8 Å². The normalized spacial score (nSPS) is 19.8. The van der Waals surface area contributed by atoms with Gasteiger partial charge in [0.05, 0.1) is 6.61 Å². The summed E-state index contributed by atoms with van der Waals surface area (Å²) in [5, 5.41) is 44.3. The van der Waals surface area contributed by atoms with Gasteiger partial charge in [0.1, 0.15) is 31.2 Å². The van der Waals surface area contributed by atoms with E-state index in [4.69, 9.17) is 25.5 Å². The molecule has 0 aliphatic heterocycles. The Morgan fingerprint density at radius 2 is 1.71 bits per heavy atom. The molecule has 0 aromatic rings. The number of ether oxygens (including phenoxy) is 1. The molecular formula is C7H14O7. The molecule has 0 aliphatic carbocycles. The fourth-order valence-corrected chi connectivity index (χ4v) is 0.782. The predicted octanol–water partition coefficient (Wildman–Crippen LogP) is -3.40. The second-order valence-electron chi connectivity index (χ2n) is 2.68. The number of hydrogen-bond donors (Lipinski definition) is 5. The van der Waals surface area contributed by atoms with Crippen molar-refractivity contribution < 1.29 is 35.1 Å². The second-order valence-corrected chi connectivity index (χ2v) is 2.68. The lowest BCUT2D eigenvalue weighted by Gasteiger charge is -2.23. The summed E-state index contributed by atoms with van der Waals surface area (Å²) in [5.41, 5.74) is 0. The Balaban J connectivity index is 4.02. The van der Waals surface area contributed by atoms with E-state index in [1.165, 1.54) is 0 Å². The van der Waals surface area contributed by atoms with E-state index in [0.29, 0.717) is 0 Å². The molecule has 84 valence electrons. The molecule has 14 heavy (non-hydrogen) atoms. The summed E-state index contributed by atoms with van der Waals surface area (Å²) in [6.07, 6.45) is -6.74. The smallest absolute Gasteiger partial charge is 0.151 e. The molecule has 0 rings (SSSR count). The van der Waals surface area contributed by atoms with Crippen LogP contribution in [0.25, 0.3) is 0 Å². The average Bonchev–Trinajstić information content (AvgIpc) is 2.22. The number of aldehydes is 1. The van der Waals surface area contributed by atoms with Gasteiger partial charge in [-0.15, -0.1) is 0 Å². The van der Waals surface area contributed by atoms with Gasteiger partial charge < -0.3 is 35.1 Å². The Morgan fingerprint density at radius 1 is 1.14 bits per heavy atom. The summed E-state index contributed by atoms with van der Waals surface area (Å²) < 4.78 is 4.34. The van der Waals surface area contributed by atoms with E-state index in [2.05, 4.69) is 4.74 Å². The topological polar surface area (TPSA) is 127 Å². The molecule has 0 amide bonds. The molecule has 0 saturated heterocycles. The maximum Gasteiger partial charge on any atom is 0.151 e. The first kappa shape index (κ1) is 13.4. The van der Waals surface area contributed by atoms with Crippen molar-refractivity contribution in [2.45, 2.75) is 24.4 Å². The van der Waals surface area contributed by atoms with E-state index in [1.54, 1.807) is 0 Å². The van der Waals surface area contributed by atoms with Gasteiger partial charge in [-0.25, -0.2) is 0 Å². The summed E-state index contributed by atoms with van der Waals surface area (Å²) in [5.74, 6) is 0. The Bertz CT molecular complexity index is 162.